The molecule has 162 valence electrons. The SMILES string of the molecule is CCC(NC(=O)OC(C)(C)C)C(=O)Oc1ccc2c3c(c(=O)oc2c1C)CCCC3. The van der Waals surface area contributed by atoms with Crippen LogP contribution in [0.2, 0.25) is 0 Å². The van der Waals surface area contributed by atoms with E-state index >= 15 is 0 Å². The van der Waals surface area contributed by atoms with Crippen LogP contribution in [0.1, 0.15) is 63.6 Å². The number of hydrogen-bond donors (Lipinski definition) is 1. The molecule has 0 spiro atoms. The molecule has 0 saturated heterocycles. The minimum Gasteiger partial charge on any atom is -0.444 e. The van der Waals surface area contributed by atoms with Gasteiger partial charge in [-0.25, -0.2) is 14.4 Å². The average Bonchev–Trinajstić information content (AvgIpc) is 2.67. The van der Waals surface area contributed by atoms with Crippen LogP contribution in [0.4, 0.5) is 4.79 Å². The first-order valence-corrected chi connectivity index (χ1v) is 10.4. The average molecular weight is 415 g/mol. The minimum atomic E-state index is -0.856. The zero-order valence-corrected chi connectivity index (χ0v) is 18.2. The summed E-state index contributed by atoms with van der Waals surface area (Å²) in [6.45, 7) is 8.76. The summed E-state index contributed by atoms with van der Waals surface area (Å²) in [5, 5.41) is 3.43. The number of nitrogens with one attached hydrogen (secondary N) is 1. The fraction of sp³-hybridized carbons (Fsp3) is 0.522. The highest BCUT2D eigenvalue weighted by atomic mass is 16.6. The highest BCUT2D eigenvalue weighted by molar-refractivity contribution is 5.88. The Morgan fingerprint density at radius 2 is 1.83 bits per heavy atom. The quantitative estimate of drug-likeness (QED) is 0.457. The van der Waals surface area contributed by atoms with E-state index in [9.17, 15) is 14.4 Å². The van der Waals surface area contributed by atoms with Gasteiger partial charge in [0, 0.05) is 16.5 Å². The Labute approximate surface area is 175 Å². The Balaban J connectivity index is 1.84. The van der Waals surface area contributed by atoms with Gasteiger partial charge in [-0.15, -0.1) is 0 Å². The molecule has 3 rings (SSSR count). The van der Waals surface area contributed by atoms with Crippen LogP contribution in [-0.4, -0.2) is 23.7 Å². The zero-order chi connectivity index (χ0) is 22.1. The third kappa shape index (κ3) is 4.66. The number of benzene rings is 1. The molecule has 30 heavy (non-hydrogen) atoms. The van der Waals surface area contributed by atoms with Gasteiger partial charge in [0.05, 0.1) is 0 Å². The Morgan fingerprint density at radius 3 is 2.47 bits per heavy atom. The summed E-state index contributed by atoms with van der Waals surface area (Å²) >= 11 is 0. The number of carbonyl (C=O) groups is 2. The molecule has 1 aliphatic rings. The van der Waals surface area contributed by atoms with E-state index in [1.54, 1.807) is 40.7 Å². The Hall–Kier alpha value is -2.83. The third-order valence-corrected chi connectivity index (χ3v) is 5.18. The number of rotatable bonds is 4. The molecule has 1 aliphatic carbocycles. The molecule has 2 aromatic rings. The molecular formula is C23H29NO6. The molecule has 0 saturated carbocycles. The van der Waals surface area contributed by atoms with Crippen LogP contribution < -0.4 is 15.7 Å². The molecule has 0 radical (unpaired) electrons. The van der Waals surface area contributed by atoms with Crippen molar-refractivity contribution in [3.05, 3.63) is 39.2 Å². The van der Waals surface area contributed by atoms with Crippen LogP contribution >= 0.6 is 0 Å². The van der Waals surface area contributed by atoms with E-state index in [1.807, 2.05) is 6.07 Å². The van der Waals surface area contributed by atoms with Gasteiger partial charge >= 0.3 is 17.7 Å². The zero-order valence-electron chi connectivity index (χ0n) is 18.2. The fourth-order valence-corrected chi connectivity index (χ4v) is 3.69. The molecule has 1 aromatic carbocycles. The van der Waals surface area contributed by atoms with Crippen molar-refractivity contribution in [1.82, 2.24) is 5.32 Å². The van der Waals surface area contributed by atoms with Gasteiger partial charge in [0.15, 0.2) is 0 Å². The van der Waals surface area contributed by atoms with Crippen LogP contribution in [0.25, 0.3) is 11.0 Å². The molecule has 7 nitrogen and oxygen atoms in total. The van der Waals surface area contributed by atoms with E-state index in [0.717, 1.165) is 42.2 Å². The maximum Gasteiger partial charge on any atom is 0.408 e. The van der Waals surface area contributed by atoms with Gasteiger partial charge in [0.1, 0.15) is 23.0 Å². The molecule has 1 heterocycles. The summed E-state index contributed by atoms with van der Waals surface area (Å²) in [4.78, 5) is 37.1. The molecule has 1 atom stereocenters. The fourth-order valence-electron chi connectivity index (χ4n) is 3.69. The molecular weight excluding hydrogens is 386 g/mol. The molecule has 1 amide bonds. The van der Waals surface area contributed by atoms with E-state index in [4.69, 9.17) is 13.9 Å². The van der Waals surface area contributed by atoms with Crippen molar-refractivity contribution in [2.75, 3.05) is 0 Å². The van der Waals surface area contributed by atoms with Gasteiger partial charge < -0.3 is 19.2 Å². The molecule has 0 fully saturated rings. The van der Waals surface area contributed by atoms with Gasteiger partial charge in [-0.3, -0.25) is 0 Å². The molecule has 0 aliphatic heterocycles. The van der Waals surface area contributed by atoms with E-state index in [-0.39, 0.29) is 5.63 Å². The van der Waals surface area contributed by atoms with Crippen LogP contribution in [0.3, 0.4) is 0 Å². The first kappa shape index (κ1) is 21.9. The second-order valence-electron chi connectivity index (χ2n) is 8.65. The van der Waals surface area contributed by atoms with E-state index in [0.29, 0.717) is 23.3 Å². The highest BCUT2D eigenvalue weighted by Crippen LogP contribution is 2.32. The van der Waals surface area contributed by atoms with Crippen LogP contribution in [-0.2, 0) is 22.4 Å². The summed E-state index contributed by atoms with van der Waals surface area (Å²) in [5.41, 5.74) is 1.83. The van der Waals surface area contributed by atoms with Gasteiger partial charge in [0.25, 0.3) is 0 Å². The molecule has 7 heteroatoms. The number of amides is 1. The molecule has 1 aromatic heterocycles. The van der Waals surface area contributed by atoms with Crippen molar-refractivity contribution in [1.29, 1.82) is 0 Å². The Kier molecular flexibility index (Phi) is 6.19. The number of fused-ring (bicyclic) bond motifs is 3. The van der Waals surface area contributed by atoms with E-state index < -0.39 is 23.7 Å². The summed E-state index contributed by atoms with van der Waals surface area (Å²) in [5.74, 6) is -0.304. The summed E-state index contributed by atoms with van der Waals surface area (Å²) in [6.07, 6.45) is 3.26. The lowest BCUT2D eigenvalue weighted by Gasteiger charge is -2.22. The molecule has 1 unspecified atom stereocenters. The summed E-state index contributed by atoms with van der Waals surface area (Å²) in [6, 6.07) is 2.69. The van der Waals surface area contributed by atoms with Gasteiger partial charge in [-0.05, 0) is 77.5 Å². The van der Waals surface area contributed by atoms with Crippen LogP contribution in [0.15, 0.2) is 21.3 Å². The molecule has 1 N–H and O–H groups in total. The van der Waals surface area contributed by atoms with Gasteiger partial charge in [-0.2, -0.15) is 0 Å². The lowest BCUT2D eigenvalue weighted by Crippen LogP contribution is -2.44. The lowest BCUT2D eigenvalue weighted by atomic mass is 9.90. The van der Waals surface area contributed by atoms with E-state index in [2.05, 4.69) is 5.32 Å². The maximum absolute atomic E-state index is 12.6. The molecule has 0 bridgehead atoms. The number of alkyl carbamates (subject to hydrolysis) is 1. The Morgan fingerprint density at radius 1 is 1.17 bits per heavy atom. The number of aryl methyl sites for hydroxylation is 2. The highest BCUT2D eigenvalue weighted by Gasteiger charge is 2.26. The summed E-state index contributed by atoms with van der Waals surface area (Å²) in [7, 11) is 0. The topological polar surface area (TPSA) is 94.8 Å². The maximum atomic E-state index is 12.6. The largest absolute Gasteiger partial charge is 0.444 e. The minimum absolute atomic E-state index is 0.302. The van der Waals surface area contributed by atoms with Crippen molar-refractivity contribution in [2.45, 2.75) is 78.4 Å². The van der Waals surface area contributed by atoms with Crippen LogP contribution in [0, 0.1) is 6.92 Å². The first-order chi connectivity index (χ1) is 14.1. The van der Waals surface area contributed by atoms with Crippen LogP contribution in [0.5, 0.6) is 5.75 Å². The van der Waals surface area contributed by atoms with Crippen molar-refractivity contribution in [3.8, 4) is 5.75 Å². The smallest absolute Gasteiger partial charge is 0.408 e. The van der Waals surface area contributed by atoms with Crippen molar-refractivity contribution in [3.63, 3.8) is 0 Å². The lowest BCUT2D eigenvalue weighted by molar-refractivity contribution is -0.136. The number of carbonyl (C=O) groups excluding carboxylic acids is 2. The second kappa shape index (κ2) is 8.50. The van der Waals surface area contributed by atoms with Gasteiger partial charge in [0.2, 0.25) is 0 Å². The van der Waals surface area contributed by atoms with Gasteiger partial charge in [-0.1, -0.05) is 6.92 Å². The van der Waals surface area contributed by atoms with Crippen molar-refractivity contribution < 1.29 is 23.5 Å². The Bertz CT molecular complexity index is 1030. The summed E-state index contributed by atoms with van der Waals surface area (Å²) < 4.78 is 16.3. The monoisotopic (exact) mass is 415 g/mol. The first-order valence-electron chi connectivity index (χ1n) is 10.4. The second-order valence-corrected chi connectivity index (χ2v) is 8.65. The van der Waals surface area contributed by atoms with Crippen molar-refractivity contribution >= 4 is 23.0 Å². The third-order valence-electron chi connectivity index (χ3n) is 5.18. The van der Waals surface area contributed by atoms with E-state index in [1.165, 1.54) is 0 Å². The number of hydrogen-bond acceptors (Lipinski definition) is 6. The normalized spacial score (nSPS) is 14.7. The predicted octanol–water partition coefficient (Wildman–Crippen LogP) is 4.19. The number of ether oxygens (including phenoxy) is 2. The van der Waals surface area contributed by atoms with Crippen molar-refractivity contribution in [2.24, 2.45) is 0 Å². The predicted molar refractivity (Wildman–Crippen MR) is 113 cm³/mol. The standard InChI is InChI=1S/C23H29NO6/c1-6-17(24-22(27)30-23(3,4)5)21(26)28-18-12-11-15-14-9-7-8-10-16(14)20(25)29-19(15)13(18)2/h11-12,17H,6-10H2,1-5H3,(H,24,27). The number of esters is 1.